The molecule has 3 rings (SSSR count). The van der Waals surface area contributed by atoms with Gasteiger partial charge in [0, 0.05) is 36.9 Å². The molecular weight excluding hydrogens is 276 g/mol. The van der Waals surface area contributed by atoms with E-state index >= 15 is 0 Å². The molecule has 0 aliphatic rings. The van der Waals surface area contributed by atoms with Crippen molar-refractivity contribution in [1.82, 2.24) is 19.2 Å². The van der Waals surface area contributed by atoms with Crippen molar-refractivity contribution in [2.45, 2.75) is 6.54 Å². The number of rotatable bonds is 5. The molecule has 3 aromatic rings. The molecule has 0 amide bonds. The van der Waals surface area contributed by atoms with E-state index in [9.17, 15) is 4.79 Å². The highest BCUT2D eigenvalue weighted by Crippen LogP contribution is 2.11. The third-order valence-electron chi connectivity index (χ3n) is 2.80. The van der Waals surface area contributed by atoms with Crippen molar-refractivity contribution in [2.24, 2.45) is 5.73 Å². The fraction of sp³-hybridized carbons (Fsp3) is 0.250. The van der Waals surface area contributed by atoms with Crippen LogP contribution in [0.15, 0.2) is 34.8 Å². The molecule has 0 bridgehead atoms. The summed E-state index contributed by atoms with van der Waals surface area (Å²) in [7, 11) is 0. The third-order valence-corrected chi connectivity index (χ3v) is 3.57. The minimum absolute atomic E-state index is 0.164. The predicted octanol–water partition coefficient (Wildman–Crippen LogP) is 0.371. The Labute approximate surface area is 118 Å². The summed E-state index contributed by atoms with van der Waals surface area (Å²) >= 11 is 1.56. The Morgan fingerprint density at radius 1 is 1.45 bits per heavy atom. The van der Waals surface area contributed by atoms with Gasteiger partial charge in [0.05, 0.1) is 24.1 Å². The zero-order chi connectivity index (χ0) is 13.9. The Hall–Kier alpha value is -2.19. The second-order valence-electron chi connectivity index (χ2n) is 4.28. The highest BCUT2D eigenvalue weighted by atomic mass is 32.1. The molecule has 0 unspecified atom stereocenters. The minimum Gasteiger partial charge on any atom is -0.382 e. The number of hydrogen-bond donors (Lipinski definition) is 2. The Kier molecular flexibility index (Phi) is 3.48. The molecule has 8 heteroatoms. The molecule has 0 aliphatic carbocycles. The van der Waals surface area contributed by atoms with Gasteiger partial charge in [0.15, 0.2) is 4.96 Å². The smallest absolute Gasteiger partial charge is 0.269 e. The van der Waals surface area contributed by atoms with Gasteiger partial charge in [0.25, 0.3) is 5.56 Å². The molecule has 104 valence electrons. The van der Waals surface area contributed by atoms with Gasteiger partial charge in [-0.25, -0.2) is 9.67 Å². The zero-order valence-electron chi connectivity index (χ0n) is 10.7. The van der Waals surface area contributed by atoms with Crippen LogP contribution in [0.5, 0.6) is 0 Å². The molecule has 3 aromatic heterocycles. The SMILES string of the molecule is NCCNc1cnn(Cc2cn3ccsc3n2)c(=O)c1. The second-order valence-corrected chi connectivity index (χ2v) is 5.15. The third kappa shape index (κ3) is 2.56. The van der Waals surface area contributed by atoms with Gasteiger partial charge in [0.2, 0.25) is 0 Å². The number of nitrogens with one attached hydrogen (secondary N) is 1. The summed E-state index contributed by atoms with van der Waals surface area (Å²) in [5, 5.41) is 9.13. The molecule has 3 N–H and O–H groups in total. The Morgan fingerprint density at radius 2 is 2.35 bits per heavy atom. The minimum atomic E-state index is -0.164. The van der Waals surface area contributed by atoms with Crippen LogP contribution in [-0.4, -0.2) is 32.3 Å². The van der Waals surface area contributed by atoms with E-state index in [-0.39, 0.29) is 5.56 Å². The number of imidazole rings is 1. The summed E-state index contributed by atoms with van der Waals surface area (Å²) in [5.41, 5.74) is 6.73. The van der Waals surface area contributed by atoms with E-state index in [0.29, 0.717) is 25.3 Å². The van der Waals surface area contributed by atoms with E-state index in [0.717, 1.165) is 10.7 Å². The van der Waals surface area contributed by atoms with Crippen LogP contribution in [0.2, 0.25) is 0 Å². The van der Waals surface area contributed by atoms with Crippen molar-refractivity contribution < 1.29 is 0 Å². The van der Waals surface area contributed by atoms with Crippen molar-refractivity contribution in [3.63, 3.8) is 0 Å². The molecule has 3 heterocycles. The number of hydrogen-bond acceptors (Lipinski definition) is 6. The molecule has 0 saturated carbocycles. The van der Waals surface area contributed by atoms with Gasteiger partial charge in [-0.15, -0.1) is 11.3 Å². The maximum Gasteiger partial charge on any atom is 0.269 e. The summed E-state index contributed by atoms with van der Waals surface area (Å²) in [6.07, 6.45) is 5.46. The van der Waals surface area contributed by atoms with Crippen LogP contribution < -0.4 is 16.6 Å². The first-order chi connectivity index (χ1) is 9.76. The lowest BCUT2D eigenvalue weighted by Crippen LogP contribution is -2.24. The van der Waals surface area contributed by atoms with Crippen molar-refractivity contribution in [1.29, 1.82) is 0 Å². The molecule has 7 nitrogen and oxygen atoms in total. The van der Waals surface area contributed by atoms with E-state index in [1.165, 1.54) is 10.7 Å². The van der Waals surface area contributed by atoms with E-state index < -0.39 is 0 Å². The molecular formula is C12H14N6OS. The summed E-state index contributed by atoms with van der Waals surface area (Å²) in [5.74, 6) is 0. The molecule has 0 aliphatic heterocycles. The van der Waals surface area contributed by atoms with Crippen LogP contribution in [-0.2, 0) is 6.54 Å². The van der Waals surface area contributed by atoms with Gasteiger partial charge in [-0.1, -0.05) is 0 Å². The second kappa shape index (κ2) is 5.43. The van der Waals surface area contributed by atoms with Crippen LogP contribution in [0.25, 0.3) is 4.96 Å². The molecule has 0 saturated heterocycles. The first kappa shape index (κ1) is 12.8. The maximum absolute atomic E-state index is 12.0. The molecule has 0 fully saturated rings. The number of fused-ring (bicyclic) bond motifs is 1. The summed E-state index contributed by atoms with van der Waals surface area (Å²) in [6.45, 7) is 1.49. The Bertz CT molecular complexity index is 745. The highest BCUT2D eigenvalue weighted by molar-refractivity contribution is 7.15. The van der Waals surface area contributed by atoms with Crippen LogP contribution >= 0.6 is 11.3 Å². The quantitative estimate of drug-likeness (QED) is 0.708. The van der Waals surface area contributed by atoms with Gasteiger partial charge in [-0.05, 0) is 0 Å². The van der Waals surface area contributed by atoms with Crippen molar-refractivity contribution in [2.75, 3.05) is 18.4 Å². The lowest BCUT2D eigenvalue weighted by Gasteiger charge is -2.05. The fourth-order valence-electron chi connectivity index (χ4n) is 1.87. The number of aromatic nitrogens is 4. The fourth-order valence-corrected chi connectivity index (χ4v) is 2.59. The summed E-state index contributed by atoms with van der Waals surface area (Å²) < 4.78 is 3.32. The first-order valence-electron chi connectivity index (χ1n) is 6.18. The summed E-state index contributed by atoms with van der Waals surface area (Å²) in [4.78, 5) is 17.3. The molecule has 20 heavy (non-hydrogen) atoms. The van der Waals surface area contributed by atoms with E-state index in [1.807, 2.05) is 22.2 Å². The standard InChI is InChI=1S/C12H14N6OS/c13-1-2-14-9-5-11(19)18(15-6-9)8-10-7-17-3-4-20-12(17)16-10/h3-7,14H,1-2,8,13H2. The number of anilines is 1. The normalized spacial score (nSPS) is 11.1. The van der Waals surface area contributed by atoms with Crippen LogP contribution in [0.4, 0.5) is 5.69 Å². The lowest BCUT2D eigenvalue weighted by molar-refractivity contribution is 0.631. The average molecular weight is 290 g/mol. The zero-order valence-corrected chi connectivity index (χ0v) is 11.5. The Morgan fingerprint density at radius 3 is 3.10 bits per heavy atom. The largest absolute Gasteiger partial charge is 0.382 e. The van der Waals surface area contributed by atoms with Gasteiger partial charge in [-0.2, -0.15) is 5.10 Å². The van der Waals surface area contributed by atoms with E-state index in [1.54, 1.807) is 17.5 Å². The van der Waals surface area contributed by atoms with Gasteiger partial charge in [-0.3, -0.25) is 9.20 Å². The highest BCUT2D eigenvalue weighted by Gasteiger charge is 2.06. The monoisotopic (exact) mass is 290 g/mol. The number of nitrogens with zero attached hydrogens (tertiary/aromatic N) is 4. The average Bonchev–Trinajstić information content (AvgIpc) is 3.00. The molecule has 0 radical (unpaired) electrons. The molecule has 0 atom stereocenters. The van der Waals surface area contributed by atoms with Crippen molar-refractivity contribution in [3.05, 3.63) is 46.1 Å². The lowest BCUT2D eigenvalue weighted by atomic mass is 10.4. The van der Waals surface area contributed by atoms with Crippen LogP contribution in [0.1, 0.15) is 5.69 Å². The predicted molar refractivity (Wildman–Crippen MR) is 78.2 cm³/mol. The van der Waals surface area contributed by atoms with E-state index in [4.69, 9.17) is 5.73 Å². The maximum atomic E-state index is 12.0. The van der Waals surface area contributed by atoms with Crippen molar-refractivity contribution in [3.8, 4) is 0 Å². The number of thiazole rings is 1. The van der Waals surface area contributed by atoms with Gasteiger partial charge >= 0.3 is 0 Å². The molecule has 0 spiro atoms. The first-order valence-corrected chi connectivity index (χ1v) is 7.06. The van der Waals surface area contributed by atoms with Gasteiger partial charge < -0.3 is 11.1 Å². The van der Waals surface area contributed by atoms with Crippen molar-refractivity contribution >= 4 is 22.0 Å². The summed E-state index contributed by atoms with van der Waals surface area (Å²) in [6, 6.07) is 1.51. The van der Waals surface area contributed by atoms with Crippen LogP contribution in [0.3, 0.4) is 0 Å². The van der Waals surface area contributed by atoms with Crippen LogP contribution in [0, 0.1) is 0 Å². The van der Waals surface area contributed by atoms with E-state index in [2.05, 4.69) is 15.4 Å². The Balaban J connectivity index is 1.80. The number of nitrogens with two attached hydrogens (primary N) is 1. The van der Waals surface area contributed by atoms with Gasteiger partial charge in [0.1, 0.15) is 0 Å². The molecule has 0 aromatic carbocycles. The topological polar surface area (TPSA) is 90.2 Å².